The van der Waals surface area contributed by atoms with Gasteiger partial charge in [-0.25, -0.2) is 4.79 Å². The quantitative estimate of drug-likeness (QED) is 0.0502. The van der Waals surface area contributed by atoms with Crippen LogP contribution in [0.4, 0.5) is 5.69 Å². The molecule has 3 fully saturated rings. The zero-order valence-electron chi connectivity index (χ0n) is 47.4. The molecule has 1 N–H and O–H groups in total. The molecule has 7 aliphatic rings. The first-order chi connectivity index (χ1) is 41.4. The molecular formula is C67H62N4O15. The van der Waals surface area contributed by atoms with Gasteiger partial charge in [-0.1, -0.05) is 97.1 Å². The van der Waals surface area contributed by atoms with E-state index < -0.39 is 65.4 Å². The van der Waals surface area contributed by atoms with E-state index in [9.17, 15) is 52.7 Å². The first kappa shape index (κ1) is 59.4. The summed E-state index contributed by atoms with van der Waals surface area (Å²) in [6, 6.07) is 29.3. The first-order valence-electron chi connectivity index (χ1n) is 28.4. The molecule has 3 heterocycles. The number of carbonyl (C=O) groups excluding carboxylic acids is 11. The van der Waals surface area contributed by atoms with Crippen molar-refractivity contribution >= 4 is 70.4 Å². The number of esters is 1. The van der Waals surface area contributed by atoms with E-state index >= 15 is 0 Å². The number of imide groups is 3. The lowest BCUT2D eigenvalue weighted by Crippen LogP contribution is -2.46. The summed E-state index contributed by atoms with van der Waals surface area (Å²) in [5.41, 5.74) is 6.87. The molecule has 0 radical (unpaired) electrons. The topological polar surface area (TPSA) is 246 Å². The normalized spacial score (nSPS) is 20.5. The van der Waals surface area contributed by atoms with Crippen LogP contribution in [0.25, 0.3) is 0 Å². The average Bonchev–Trinajstić information content (AvgIpc) is 2.80. The summed E-state index contributed by atoms with van der Waals surface area (Å²) >= 11 is 0. The van der Waals surface area contributed by atoms with Gasteiger partial charge in [0.05, 0.1) is 58.1 Å². The van der Waals surface area contributed by atoms with Gasteiger partial charge in [0, 0.05) is 32.1 Å². The molecule has 12 rings (SSSR count). The standard InChI is InChI=1S/C26H25NO4.C23H20N2O5.C18H17NO6/c1-16-9-12-21(22(28)13-16)27-25(29)20-7-4-8-23(24(20)26(27)30)31-15-17-10-11-18-5-2-3-6-19(18)14-17;1-14-10-11-17(18(26)12-14)25-22(28)16-8-5-9-19(21(16)23(25)29)30-13-20(27)24-15-6-3-2-4-7-15;1-10-6-7-12(13(20)8-10)19-17(22)11-4-3-5-14(16(11)18(19)23)25-15(21)9-24-2/h2-8,17,21H,1,9-15H2;2-9,17H,1,10-13H2,(H,24,27);3-5,12H,1,6-9H2,2H3. The lowest BCUT2D eigenvalue weighted by Gasteiger charge is -2.29. The molecule has 0 saturated heterocycles. The largest absolute Gasteiger partial charge is 0.492 e. The molecule has 3 aliphatic heterocycles. The number of ketones is 3. The molecule has 440 valence electrons. The molecule has 86 heavy (non-hydrogen) atoms. The number of ether oxygens (including phenoxy) is 4. The number of nitrogens with one attached hydrogen (secondary N) is 1. The SMILES string of the molecule is C=C1CCC(N2C(=O)c3cccc(OC(=O)COC)c3C2=O)C(=O)C1.C=C1CCC(N2C(=O)c3cccc(OCC(=O)Nc4ccccc4)c3C2=O)C(=O)C1.C=C1CCC(N2C(=O)c3cccc(OCC4CCc5ccccc5C4)c3C2=O)C(=O)C1. The van der Waals surface area contributed by atoms with Crippen LogP contribution in [-0.2, 0) is 41.6 Å². The highest BCUT2D eigenvalue weighted by molar-refractivity contribution is 6.26. The van der Waals surface area contributed by atoms with Crippen molar-refractivity contribution in [3.8, 4) is 17.2 Å². The molecule has 19 nitrogen and oxygen atoms in total. The third kappa shape index (κ3) is 12.3. The highest BCUT2D eigenvalue weighted by atomic mass is 16.6. The molecule has 4 atom stereocenters. The molecule has 3 saturated carbocycles. The predicted octanol–water partition coefficient (Wildman–Crippen LogP) is 8.63. The molecule has 5 aromatic rings. The number of hydrogen-bond donors (Lipinski definition) is 1. The van der Waals surface area contributed by atoms with Gasteiger partial charge in [-0.05, 0) is 123 Å². The number of amides is 7. The summed E-state index contributed by atoms with van der Waals surface area (Å²) in [6.45, 7) is 11.4. The van der Waals surface area contributed by atoms with Crippen molar-refractivity contribution in [2.24, 2.45) is 5.92 Å². The second-order valence-electron chi connectivity index (χ2n) is 22.1. The fraction of sp³-hybridized carbons (Fsp3) is 0.299. The van der Waals surface area contributed by atoms with Crippen molar-refractivity contribution < 1.29 is 71.7 Å². The second-order valence-corrected chi connectivity index (χ2v) is 22.1. The van der Waals surface area contributed by atoms with Gasteiger partial charge in [0.25, 0.3) is 41.4 Å². The number of hydrogen-bond acceptors (Lipinski definition) is 15. The summed E-state index contributed by atoms with van der Waals surface area (Å²) in [4.78, 5) is 142. The number of para-hydroxylation sites is 1. The zero-order chi connectivity index (χ0) is 60.9. The minimum absolute atomic E-state index is 0.00642. The van der Waals surface area contributed by atoms with Gasteiger partial charge in [-0.2, -0.15) is 0 Å². The summed E-state index contributed by atoms with van der Waals surface area (Å²) in [6.07, 6.45) is 6.57. The van der Waals surface area contributed by atoms with E-state index in [1.807, 2.05) is 6.07 Å². The van der Waals surface area contributed by atoms with E-state index in [-0.39, 0.29) is 83.6 Å². The second kappa shape index (κ2) is 25.6. The van der Waals surface area contributed by atoms with E-state index in [1.165, 1.54) is 48.6 Å². The number of methoxy groups -OCH3 is 1. The maximum absolute atomic E-state index is 13.2. The van der Waals surface area contributed by atoms with Crippen LogP contribution in [0.2, 0.25) is 0 Å². The number of allylic oxidation sites excluding steroid dienone is 3. The van der Waals surface area contributed by atoms with Crippen LogP contribution in [0.3, 0.4) is 0 Å². The van der Waals surface area contributed by atoms with Gasteiger partial charge < -0.3 is 24.3 Å². The van der Waals surface area contributed by atoms with E-state index in [2.05, 4.69) is 49.3 Å². The maximum Gasteiger partial charge on any atom is 0.337 e. The summed E-state index contributed by atoms with van der Waals surface area (Å²) < 4.78 is 21.5. The number of nitrogens with zero attached hydrogens (tertiary/aromatic N) is 3. The van der Waals surface area contributed by atoms with Crippen molar-refractivity contribution in [2.75, 3.05) is 32.2 Å². The summed E-state index contributed by atoms with van der Waals surface area (Å²) in [5, 5.41) is 2.69. The Morgan fingerprint density at radius 3 is 1.37 bits per heavy atom. The Morgan fingerprint density at radius 2 is 0.907 bits per heavy atom. The van der Waals surface area contributed by atoms with Gasteiger partial charge in [0.15, 0.2) is 24.0 Å². The van der Waals surface area contributed by atoms with E-state index in [0.29, 0.717) is 73.6 Å². The van der Waals surface area contributed by atoms with Gasteiger partial charge in [-0.15, -0.1) is 0 Å². The van der Waals surface area contributed by atoms with Gasteiger partial charge in [0.1, 0.15) is 23.9 Å². The van der Waals surface area contributed by atoms with Crippen LogP contribution >= 0.6 is 0 Å². The van der Waals surface area contributed by atoms with Crippen molar-refractivity contribution in [3.05, 3.63) is 190 Å². The fourth-order valence-corrected chi connectivity index (χ4v) is 11.9. The number of fused-ring (bicyclic) bond motifs is 4. The van der Waals surface area contributed by atoms with Crippen LogP contribution in [0.1, 0.15) is 137 Å². The molecule has 0 aromatic heterocycles. The Kier molecular flexibility index (Phi) is 17.7. The van der Waals surface area contributed by atoms with Gasteiger partial charge in [0.2, 0.25) is 0 Å². The molecule has 19 heteroatoms. The fourth-order valence-electron chi connectivity index (χ4n) is 11.9. The molecule has 0 bridgehead atoms. The van der Waals surface area contributed by atoms with Gasteiger partial charge >= 0.3 is 5.97 Å². The Morgan fingerprint density at radius 1 is 0.477 bits per heavy atom. The number of carbonyl (C=O) groups is 11. The molecule has 4 unspecified atom stereocenters. The maximum atomic E-state index is 13.2. The van der Waals surface area contributed by atoms with E-state index in [4.69, 9.17) is 18.9 Å². The number of rotatable bonds is 13. The molecule has 4 aliphatic carbocycles. The molecule has 5 aromatic carbocycles. The minimum Gasteiger partial charge on any atom is -0.492 e. The summed E-state index contributed by atoms with van der Waals surface area (Å²) in [7, 11) is 1.34. The first-order valence-corrected chi connectivity index (χ1v) is 28.4. The lowest BCUT2D eigenvalue weighted by atomic mass is 9.84. The average molecular weight is 1160 g/mol. The number of aryl methyl sites for hydroxylation is 1. The van der Waals surface area contributed by atoms with Crippen LogP contribution in [-0.4, -0.2) is 124 Å². The number of anilines is 1. The van der Waals surface area contributed by atoms with E-state index in [1.54, 1.807) is 48.5 Å². The van der Waals surface area contributed by atoms with Crippen molar-refractivity contribution in [3.63, 3.8) is 0 Å². The van der Waals surface area contributed by atoms with Crippen LogP contribution in [0, 0.1) is 5.92 Å². The molecule has 0 spiro atoms. The Bertz CT molecular complexity index is 3720. The number of benzene rings is 5. The number of Topliss-reactive ketones (excluding diaryl/α,β-unsaturated/α-hetero) is 3. The lowest BCUT2D eigenvalue weighted by molar-refractivity contribution is -0.138. The van der Waals surface area contributed by atoms with Crippen molar-refractivity contribution in [1.29, 1.82) is 0 Å². The van der Waals surface area contributed by atoms with Crippen LogP contribution < -0.4 is 19.5 Å². The predicted molar refractivity (Wildman–Crippen MR) is 312 cm³/mol. The highest BCUT2D eigenvalue weighted by Gasteiger charge is 2.48. The van der Waals surface area contributed by atoms with Crippen molar-refractivity contribution in [1.82, 2.24) is 14.7 Å². The van der Waals surface area contributed by atoms with Crippen molar-refractivity contribution in [2.45, 2.75) is 95.2 Å². The zero-order valence-corrected chi connectivity index (χ0v) is 47.4. The highest BCUT2D eigenvalue weighted by Crippen LogP contribution is 2.39. The third-order valence-electron chi connectivity index (χ3n) is 16.2. The molecule has 7 amide bonds. The van der Waals surface area contributed by atoms with E-state index in [0.717, 1.165) is 50.7 Å². The monoisotopic (exact) mass is 1160 g/mol. The van der Waals surface area contributed by atoms with Crippen LogP contribution in [0.5, 0.6) is 17.2 Å². The Balaban J connectivity index is 0.000000144. The Hall–Kier alpha value is -9.75. The smallest absolute Gasteiger partial charge is 0.337 e. The van der Waals surface area contributed by atoms with Gasteiger partial charge in [-0.3, -0.25) is 62.6 Å². The third-order valence-corrected chi connectivity index (χ3v) is 16.2. The summed E-state index contributed by atoms with van der Waals surface area (Å²) in [5.74, 6) is -3.72. The minimum atomic E-state index is -0.805. The molecular weight excluding hydrogens is 1100 g/mol. The Labute approximate surface area is 495 Å². The van der Waals surface area contributed by atoms with Crippen LogP contribution in [0.15, 0.2) is 146 Å².